The number of carboxylic acid groups (broad SMARTS) is 1. The van der Waals surface area contributed by atoms with Gasteiger partial charge in [-0.15, -0.1) is 0 Å². The number of hydrogen-bond donors (Lipinski definition) is 1. The van der Waals surface area contributed by atoms with E-state index < -0.39 is 38.9 Å². The molecule has 6 heteroatoms. The maximum absolute atomic E-state index is 11.5. The van der Waals surface area contributed by atoms with Crippen molar-refractivity contribution in [1.82, 2.24) is 0 Å². The molecule has 0 aromatic rings. The molecule has 0 aliphatic heterocycles. The van der Waals surface area contributed by atoms with Crippen molar-refractivity contribution in [2.45, 2.75) is 13.8 Å². The minimum absolute atomic E-state index is 0.553. The predicted octanol–water partition coefficient (Wildman–Crippen LogP) is 0.597. The Kier molecular flexibility index (Phi) is 2.67. The van der Waals surface area contributed by atoms with E-state index in [1.807, 2.05) is 0 Å². The van der Waals surface area contributed by atoms with Crippen LogP contribution < -0.4 is 0 Å². The second-order valence-corrected chi connectivity index (χ2v) is 7.27. The maximum Gasteiger partial charge on any atom is 0.307 e. The monoisotopic (exact) mass is 233 g/mol. The lowest BCUT2D eigenvalue weighted by Crippen LogP contribution is -2.07. The average molecular weight is 233 g/mol. The Bertz CT molecular complexity index is 423. The lowest BCUT2D eigenvalue weighted by Gasteiger charge is -1.98. The molecule has 1 N–H and O–H groups in total. The molecule has 0 aromatic heterocycles. The molecule has 15 heavy (non-hydrogen) atoms. The summed E-state index contributed by atoms with van der Waals surface area (Å²) in [4.78, 5) is 22.3. The summed E-state index contributed by atoms with van der Waals surface area (Å²) in [5.74, 6) is -2.87. The third kappa shape index (κ3) is 2.37. The van der Waals surface area contributed by atoms with Crippen molar-refractivity contribution in [1.29, 1.82) is 0 Å². The molecular formula is C9H15NO4S. The van der Waals surface area contributed by atoms with E-state index in [1.165, 1.54) is 12.5 Å². The van der Waals surface area contributed by atoms with Gasteiger partial charge in [-0.2, -0.15) is 4.36 Å². The van der Waals surface area contributed by atoms with Crippen molar-refractivity contribution < 1.29 is 18.9 Å². The minimum Gasteiger partial charge on any atom is -0.481 e. The lowest BCUT2D eigenvalue weighted by molar-refractivity contribution is -0.140. The van der Waals surface area contributed by atoms with E-state index in [4.69, 9.17) is 5.11 Å². The van der Waals surface area contributed by atoms with Crippen molar-refractivity contribution in [3.63, 3.8) is 0 Å². The number of amides is 1. The van der Waals surface area contributed by atoms with Gasteiger partial charge in [-0.25, -0.2) is 4.21 Å². The van der Waals surface area contributed by atoms with Gasteiger partial charge >= 0.3 is 5.97 Å². The van der Waals surface area contributed by atoms with Gasteiger partial charge < -0.3 is 5.11 Å². The fourth-order valence-electron chi connectivity index (χ4n) is 1.83. The van der Waals surface area contributed by atoms with Crippen LogP contribution in [0.5, 0.6) is 0 Å². The summed E-state index contributed by atoms with van der Waals surface area (Å²) in [6.45, 7) is 3.41. The first-order valence-corrected chi connectivity index (χ1v) is 6.84. The molecule has 0 bridgehead atoms. The second-order valence-electron chi connectivity index (χ2n) is 4.73. The van der Waals surface area contributed by atoms with Crippen LogP contribution in [0.4, 0.5) is 0 Å². The summed E-state index contributed by atoms with van der Waals surface area (Å²) in [5, 5.41) is 8.84. The molecule has 0 heterocycles. The van der Waals surface area contributed by atoms with Crippen LogP contribution in [0.3, 0.4) is 0 Å². The molecular weight excluding hydrogens is 218 g/mol. The molecule has 0 spiro atoms. The Morgan fingerprint density at radius 3 is 2.00 bits per heavy atom. The summed E-state index contributed by atoms with van der Waals surface area (Å²) in [6, 6.07) is 0. The van der Waals surface area contributed by atoms with E-state index in [0.29, 0.717) is 0 Å². The average Bonchev–Trinajstić information content (AvgIpc) is 2.49. The fraction of sp³-hybridized carbons (Fsp3) is 0.778. The van der Waals surface area contributed by atoms with Gasteiger partial charge in [0.25, 0.3) is 5.91 Å². The number of hydrogen-bond acceptors (Lipinski definition) is 3. The second kappa shape index (κ2) is 3.30. The highest BCUT2D eigenvalue weighted by Crippen LogP contribution is 2.58. The van der Waals surface area contributed by atoms with E-state index in [1.54, 1.807) is 13.8 Å². The molecule has 0 radical (unpaired) electrons. The highest BCUT2D eigenvalue weighted by Gasteiger charge is 2.66. The van der Waals surface area contributed by atoms with Crippen molar-refractivity contribution in [2.75, 3.05) is 12.5 Å². The number of carbonyl (C=O) groups excluding carboxylic acids is 1. The zero-order valence-electron chi connectivity index (χ0n) is 9.18. The van der Waals surface area contributed by atoms with Gasteiger partial charge in [-0.3, -0.25) is 9.59 Å². The molecule has 1 aliphatic carbocycles. The van der Waals surface area contributed by atoms with Gasteiger partial charge in [0.15, 0.2) is 0 Å². The van der Waals surface area contributed by atoms with Crippen LogP contribution in [-0.2, 0) is 19.3 Å². The molecule has 0 saturated heterocycles. The highest BCUT2D eigenvalue weighted by atomic mass is 32.2. The van der Waals surface area contributed by atoms with Crippen LogP contribution in [0.2, 0.25) is 0 Å². The lowest BCUT2D eigenvalue weighted by atomic mass is 10.1. The van der Waals surface area contributed by atoms with Crippen molar-refractivity contribution in [3.8, 4) is 0 Å². The third-order valence-corrected chi connectivity index (χ3v) is 3.29. The van der Waals surface area contributed by atoms with Crippen molar-refractivity contribution in [3.05, 3.63) is 0 Å². The fourth-order valence-corrected chi connectivity index (χ4v) is 2.38. The zero-order chi connectivity index (χ0) is 12.0. The Morgan fingerprint density at radius 1 is 1.27 bits per heavy atom. The first-order chi connectivity index (χ1) is 6.57. The Balaban J connectivity index is 2.92. The molecule has 5 nitrogen and oxygen atoms in total. The molecule has 0 aromatic carbocycles. The highest BCUT2D eigenvalue weighted by molar-refractivity contribution is 7.92. The van der Waals surface area contributed by atoms with Gasteiger partial charge in [0.1, 0.15) is 0 Å². The molecule has 1 fully saturated rings. The first kappa shape index (κ1) is 12.2. The summed E-state index contributed by atoms with van der Waals surface area (Å²) >= 11 is 0. The number of nitrogens with zero attached hydrogens (tertiary/aromatic N) is 1. The van der Waals surface area contributed by atoms with E-state index in [2.05, 4.69) is 4.36 Å². The SMILES string of the molecule is CC1(C)C(C(=O)O)C1C(=O)N=S(C)(C)=O. The molecule has 1 amide bonds. The number of rotatable bonds is 2. The summed E-state index contributed by atoms with van der Waals surface area (Å²) < 4.78 is 14.8. The Morgan fingerprint density at radius 2 is 1.73 bits per heavy atom. The van der Waals surface area contributed by atoms with Gasteiger partial charge in [0.2, 0.25) is 0 Å². The van der Waals surface area contributed by atoms with Crippen molar-refractivity contribution >= 4 is 21.6 Å². The first-order valence-electron chi connectivity index (χ1n) is 4.51. The molecule has 2 unspecified atom stereocenters. The summed E-state index contributed by atoms with van der Waals surface area (Å²) in [6.07, 6.45) is 2.71. The van der Waals surface area contributed by atoms with Crippen molar-refractivity contribution in [2.24, 2.45) is 21.6 Å². The molecule has 1 saturated carbocycles. The maximum atomic E-state index is 11.5. The van der Waals surface area contributed by atoms with Crippen LogP contribution >= 0.6 is 0 Å². The van der Waals surface area contributed by atoms with Gasteiger partial charge in [0.05, 0.1) is 11.8 Å². The smallest absolute Gasteiger partial charge is 0.307 e. The molecule has 1 aliphatic rings. The van der Waals surface area contributed by atoms with Crippen LogP contribution in [0, 0.1) is 17.3 Å². The van der Waals surface area contributed by atoms with Crippen LogP contribution in [-0.4, -0.2) is 33.7 Å². The summed E-state index contributed by atoms with van der Waals surface area (Å²) in [7, 11) is -2.50. The topological polar surface area (TPSA) is 83.8 Å². The van der Waals surface area contributed by atoms with Crippen LogP contribution in [0.1, 0.15) is 13.8 Å². The zero-order valence-corrected chi connectivity index (χ0v) is 10.00. The quantitative estimate of drug-likeness (QED) is 0.756. The van der Waals surface area contributed by atoms with Gasteiger partial charge in [-0.1, -0.05) is 13.8 Å². The largest absolute Gasteiger partial charge is 0.481 e. The molecule has 1 rings (SSSR count). The minimum atomic E-state index is -2.50. The van der Waals surface area contributed by atoms with Crippen LogP contribution in [0.25, 0.3) is 0 Å². The molecule has 86 valence electrons. The van der Waals surface area contributed by atoms with E-state index >= 15 is 0 Å². The number of aliphatic carboxylic acids is 1. The van der Waals surface area contributed by atoms with E-state index in [0.717, 1.165) is 0 Å². The third-order valence-electron chi connectivity index (χ3n) is 2.67. The van der Waals surface area contributed by atoms with E-state index in [-0.39, 0.29) is 0 Å². The van der Waals surface area contributed by atoms with Crippen LogP contribution in [0.15, 0.2) is 4.36 Å². The predicted molar refractivity (Wildman–Crippen MR) is 55.8 cm³/mol. The van der Waals surface area contributed by atoms with Gasteiger partial charge in [0, 0.05) is 22.2 Å². The Hall–Kier alpha value is -0.910. The Labute approximate surface area is 89.0 Å². The molecule has 2 atom stereocenters. The standard InChI is InChI=1S/C9H15NO4S/c1-9(2)5(6(9)8(12)13)7(11)10-15(3,4)14/h5-6H,1-4H3,(H,12,13). The van der Waals surface area contributed by atoms with E-state index in [9.17, 15) is 13.8 Å². The number of carboxylic acids is 1. The summed E-state index contributed by atoms with van der Waals surface area (Å²) in [5.41, 5.74) is -0.572. The number of carbonyl (C=O) groups is 2. The normalized spacial score (nSPS) is 28.3. The van der Waals surface area contributed by atoms with Gasteiger partial charge in [-0.05, 0) is 5.41 Å².